The van der Waals surface area contributed by atoms with Crippen LogP contribution in [-0.4, -0.2) is 61.4 Å². The topological polar surface area (TPSA) is 93.6 Å². The Morgan fingerprint density at radius 3 is 2.86 bits per heavy atom. The van der Waals surface area contributed by atoms with Crippen LogP contribution in [0.2, 0.25) is 0 Å². The molecule has 1 amide bonds. The lowest BCUT2D eigenvalue weighted by molar-refractivity contribution is 0.0526. The highest BCUT2D eigenvalue weighted by molar-refractivity contribution is 7.91. The number of hydrogen-bond acceptors (Lipinski definition) is 7. The highest BCUT2D eigenvalue weighted by Gasteiger charge is 2.25. The average molecular weight is 332 g/mol. The number of ether oxygens (including phenoxy) is 1. The standard InChI is InChI=1S/C12H16N2O5S2/c1-2-19-12(16)10-13-9(8-20-10)11(15)14-4-3-6-21(17,18)7-5-14/h8H,2-7H2,1H3. The second-order valence-electron chi connectivity index (χ2n) is 4.56. The van der Waals surface area contributed by atoms with Gasteiger partial charge in [-0.2, -0.15) is 0 Å². The van der Waals surface area contributed by atoms with Crippen molar-refractivity contribution in [2.75, 3.05) is 31.2 Å². The second-order valence-corrected chi connectivity index (χ2v) is 7.72. The predicted octanol–water partition coefficient (Wildman–Crippen LogP) is 0.581. The number of esters is 1. The summed E-state index contributed by atoms with van der Waals surface area (Å²) in [4.78, 5) is 29.2. The van der Waals surface area contributed by atoms with Gasteiger partial charge >= 0.3 is 5.97 Å². The minimum Gasteiger partial charge on any atom is -0.461 e. The third-order valence-corrected chi connectivity index (χ3v) is 5.55. The Morgan fingerprint density at radius 1 is 1.38 bits per heavy atom. The number of carbonyl (C=O) groups excluding carboxylic acids is 2. The quantitative estimate of drug-likeness (QED) is 0.752. The van der Waals surface area contributed by atoms with E-state index in [9.17, 15) is 18.0 Å². The van der Waals surface area contributed by atoms with Gasteiger partial charge in [0.25, 0.3) is 5.91 Å². The summed E-state index contributed by atoms with van der Waals surface area (Å²) < 4.78 is 27.9. The summed E-state index contributed by atoms with van der Waals surface area (Å²) in [6.45, 7) is 2.47. The van der Waals surface area contributed by atoms with E-state index in [1.807, 2.05) is 0 Å². The van der Waals surface area contributed by atoms with Crippen LogP contribution in [0.15, 0.2) is 5.38 Å². The zero-order valence-electron chi connectivity index (χ0n) is 11.6. The van der Waals surface area contributed by atoms with Crippen molar-refractivity contribution in [2.24, 2.45) is 0 Å². The van der Waals surface area contributed by atoms with Crippen LogP contribution in [0, 0.1) is 0 Å². The Morgan fingerprint density at radius 2 is 2.14 bits per heavy atom. The second kappa shape index (κ2) is 6.52. The molecule has 0 spiro atoms. The largest absolute Gasteiger partial charge is 0.461 e. The van der Waals surface area contributed by atoms with Crippen molar-refractivity contribution < 1.29 is 22.7 Å². The van der Waals surface area contributed by atoms with Gasteiger partial charge in [-0.25, -0.2) is 18.2 Å². The Hall–Kier alpha value is -1.48. The Bertz CT molecular complexity index is 638. The van der Waals surface area contributed by atoms with E-state index in [4.69, 9.17) is 4.74 Å². The Balaban J connectivity index is 2.08. The molecule has 0 N–H and O–H groups in total. The van der Waals surface area contributed by atoms with E-state index in [-0.39, 0.29) is 41.3 Å². The van der Waals surface area contributed by atoms with Crippen LogP contribution in [0.1, 0.15) is 33.6 Å². The minimum absolute atomic E-state index is 0.0341. The lowest BCUT2D eigenvalue weighted by atomic mass is 10.3. The maximum atomic E-state index is 12.3. The molecule has 1 saturated heterocycles. The molecule has 1 aromatic heterocycles. The number of rotatable bonds is 3. The first-order valence-corrected chi connectivity index (χ1v) is 9.25. The highest BCUT2D eigenvalue weighted by Crippen LogP contribution is 2.15. The van der Waals surface area contributed by atoms with Crippen LogP contribution < -0.4 is 0 Å². The molecule has 1 fully saturated rings. The number of sulfone groups is 1. The summed E-state index contributed by atoms with van der Waals surface area (Å²) in [5, 5.41) is 1.62. The van der Waals surface area contributed by atoms with Crippen molar-refractivity contribution >= 4 is 33.1 Å². The van der Waals surface area contributed by atoms with Crippen molar-refractivity contribution in [3.63, 3.8) is 0 Å². The van der Waals surface area contributed by atoms with Crippen LogP contribution in [0.25, 0.3) is 0 Å². The fraction of sp³-hybridized carbons (Fsp3) is 0.583. The molecule has 0 bridgehead atoms. The molecular weight excluding hydrogens is 316 g/mol. The number of aromatic nitrogens is 1. The summed E-state index contributed by atoms with van der Waals surface area (Å²) >= 11 is 1.04. The number of thiazole rings is 1. The molecule has 21 heavy (non-hydrogen) atoms. The first kappa shape index (κ1) is 15.9. The molecule has 7 nitrogen and oxygen atoms in total. The van der Waals surface area contributed by atoms with Crippen LogP contribution in [0.4, 0.5) is 0 Å². The lowest BCUT2D eigenvalue weighted by Gasteiger charge is -2.18. The molecule has 0 saturated carbocycles. The number of amides is 1. The summed E-state index contributed by atoms with van der Waals surface area (Å²) in [7, 11) is -3.07. The molecule has 1 aliphatic rings. The predicted molar refractivity (Wildman–Crippen MR) is 77.2 cm³/mol. The van der Waals surface area contributed by atoms with Gasteiger partial charge in [0.05, 0.1) is 18.1 Å². The molecule has 0 aliphatic carbocycles. The van der Waals surface area contributed by atoms with Gasteiger partial charge in [-0.05, 0) is 13.3 Å². The molecule has 0 atom stereocenters. The van der Waals surface area contributed by atoms with E-state index in [1.165, 1.54) is 10.3 Å². The molecule has 2 heterocycles. The normalized spacial score (nSPS) is 18.0. The van der Waals surface area contributed by atoms with Crippen LogP contribution in [0.3, 0.4) is 0 Å². The lowest BCUT2D eigenvalue weighted by Crippen LogP contribution is -2.33. The van der Waals surface area contributed by atoms with Crippen LogP contribution in [-0.2, 0) is 14.6 Å². The summed E-state index contributed by atoms with van der Waals surface area (Å²) in [6, 6.07) is 0. The minimum atomic E-state index is -3.07. The molecule has 1 aliphatic heterocycles. The maximum absolute atomic E-state index is 12.3. The Kier molecular flexibility index (Phi) is 4.94. The summed E-state index contributed by atoms with van der Waals surface area (Å²) in [5.41, 5.74) is 0.155. The van der Waals surface area contributed by atoms with Gasteiger partial charge < -0.3 is 9.64 Å². The molecule has 0 radical (unpaired) electrons. The fourth-order valence-electron chi connectivity index (χ4n) is 1.96. The van der Waals surface area contributed by atoms with Gasteiger partial charge in [0, 0.05) is 18.5 Å². The third-order valence-electron chi connectivity index (χ3n) is 3.02. The van der Waals surface area contributed by atoms with E-state index in [0.29, 0.717) is 13.0 Å². The van der Waals surface area contributed by atoms with Crippen molar-refractivity contribution in [1.29, 1.82) is 0 Å². The van der Waals surface area contributed by atoms with Crippen molar-refractivity contribution in [3.8, 4) is 0 Å². The molecule has 1 aromatic rings. The fourth-order valence-corrected chi connectivity index (χ4v) is 3.92. The highest BCUT2D eigenvalue weighted by atomic mass is 32.2. The van der Waals surface area contributed by atoms with E-state index >= 15 is 0 Å². The van der Waals surface area contributed by atoms with E-state index in [2.05, 4.69) is 4.98 Å². The zero-order valence-corrected chi connectivity index (χ0v) is 13.2. The van der Waals surface area contributed by atoms with Gasteiger partial charge in [0.1, 0.15) is 5.69 Å². The van der Waals surface area contributed by atoms with Crippen molar-refractivity contribution in [3.05, 3.63) is 16.1 Å². The summed E-state index contributed by atoms with van der Waals surface area (Å²) in [5.74, 6) is -0.839. The van der Waals surface area contributed by atoms with Crippen molar-refractivity contribution in [2.45, 2.75) is 13.3 Å². The molecular formula is C12H16N2O5S2. The SMILES string of the molecule is CCOC(=O)c1nc(C(=O)N2CCCS(=O)(=O)CC2)cs1. The van der Waals surface area contributed by atoms with E-state index in [0.717, 1.165) is 11.3 Å². The smallest absolute Gasteiger partial charge is 0.367 e. The number of hydrogen-bond donors (Lipinski definition) is 0. The number of nitrogens with zero attached hydrogens (tertiary/aromatic N) is 2. The number of carbonyl (C=O) groups is 2. The molecule has 0 aromatic carbocycles. The maximum Gasteiger partial charge on any atom is 0.367 e. The van der Waals surface area contributed by atoms with Gasteiger partial charge in [0.2, 0.25) is 5.01 Å². The summed E-state index contributed by atoms with van der Waals surface area (Å²) in [6.07, 6.45) is 0.420. The first-order valence-electron chi connectivity index (χ1n) is 6.55. The van der Waals surface area contributed by atoms with Gasteiger partial charge in [-0.3, -0.25) is 4.79 Å². The zero-order chi connectivity index (χ0) is 15.5. The third kappa shape index (κ3) is 4.01. The van der Waals surface area contributed by atoms with Crippen LogP contribution >= 0.6 is 11.3 Å². The molecule has 116 valence electrons. The van der Waals surface area contributed by atoms with Crippen molar-refractivity contribution in [1.82, 2.24) is 9.88 Å². The van der Waals surface area contributed by atoms with Gasteiger partial charge in [0.15, 0.2) is 9.84 Å². The monoisotopic (exact) mass is 332 g/mol. The Labute approximate surface area is 126 Å². The molecule has 9 heteroatoms. The first-order chi connectivity index (χ1) is 9.93. The average Bonchev–Trinajstić information content (AvgIpc) is 2.84. The van der Waals surface area contributed by atoms with E-state index < -0.39 is 15.8 Å². The van der Waals surface area contributed by atoms with E-state index in [1.54, 1.807) is 6.92 Å². The molecule has 0 unspecified atom stereocenters. The van der Waals surface area contributed by atoms with Gasteiger partial charge in [-0.1, -0.05) is 0 Å². The van der Waals surface area contributed by atoms with Gasteiger partial charge in [-0.15, -0.1) is 11.3 Å². The van der Waals surface area contributed by atoms with Crippen LogP contribution in [0.5, 0.6) is 0 Å². The molecule has 2 rings (SSSR count).